The molecule has 0 bridgehead atoms. The van der Waals surface area contributed by atoms with Crippen LogP contribution in [-0.2, 0) is 0 Å². The highest BCUT2D eigenvalue weighted by molar-refractivity contribution is 9.10. The molecular weight excluding hydrogens is 314 g/mol. The van der Waals surface area contributed by atoms with Crippen LogP contribution in [0.2, 0.25) is 0 Å². The fourth-order valence-corrected chi connectivity index (χ4v) is 4.34. The van der Waals surface area contributed by atoms with Crippen LogP contribution in [0.1, 0.15) is 44.6 Å². The minimum atomic E-state index is 0.391. The van der Waals surface area contributed by atoms with Crippen LogP contribution in [0.4, 0.5) is 0 Å². The van der Waals surface area contributed by atoms with Crippen molar-refractivity contribution in [1.29, 1.82) is 0 Å². The molecule has 1 spiro atoms. The Bertz CT molecular complexity index is 482. The molecule has 20 heavy (non-hydrogen) atoms. The van der Waals surface area contributed by atoms with Gasteiger partial charge in [-0.1, -0.05) is 41.8 Å². The average molecular weight is 338 g/mol. The van der Waals surface area contributed by atoms with E-state index in [0.29, 0.717) is 17.6 Å². The monoisotopic (exact) mass is 337 g/mol. The topological polar surface area (TPSA) is 21.3 Å². The number of ether oxygens (including phenoxy) is 1. The second kappa shape index (κ2) is 5.69. The zero-order valence-electron chi connectivity index (χ0n) is 12.4. The number of nitrogens with one attached hydrogen (secondary N) is 1. The molecule has 2 saturated carbocycles. The van der Waals surface area contributed by atoms with E-state index in [1.807, 2.05) is 0 Å². The van der Waals surface area contributed by atoms with Gasteiger partial charge >= 0.3 is 0 Å². The van der Waals surface area contributed by atoms with Crippen LogP contribution in [0.15, 0.2) is 22.7 Å². The normalized spacial score (nSPS) is 27.6. The first-order chi connectivity index (χ1) is 9.65. The van der Waals surface area contributed by atoms with Gasteiger partial charge in [0.25, 0.3) is 0 Å². The highest BCUT2D eigenvalue weighted by Gasteiger charge is 2.57. The number of hydrogen-bond acceptors (Lipinski definition) is 2. The third-order valence-electron chi connectivity index (χ3n) is 5.19. The second-order valence-electron chi connectivity index (χ2n) is 6.30. The number of halogens is 1. The van der Waals surface area contributed by atoms with Gasteiger partial charge in [-0.15, -0.1) is 0 Å². The van der Waals surface area contributed by atoms with Crippen molar-refractivity contribution in [3.8, 4) is 5.75 Å². The lowest BCUT2D eigenvalue weighted by molar-refractivity contribution is -0.0758. The van der Waals surface area contributed by atoms with Crippen molar-refractivity contribution in [3.05, 3.63) is 28.2 Å². The Morgan fingerprint density at radius 3 is 2.80 bits per heavy atom. The maximum Gasteiger partial charge on any atom is 0.123 e. The van der Waals surface area contributed by atoms with Crippen LogP contribution < -0.4 is 10.1 Å². The molecule has 2 aliphatic carbocycles. The molecule has 1 aromatic rings. The predicted molar refractivity (Wildman–Crippen MR) is 86.3 cm³/mol. The van der Waals surface area contributed by atoms with Crippen molar-refractivity contribution in [2.24, 2.45) is 5.41 Å². The van der Waals surface area contributed by atoms with Gasteiger partial charge in [0.2, 0.25) is 0 Å². The van der Waals surface area contributed by atoms with E-state index in [9.17, 15) is 0 Å². The first-order valence-electron chi connectivity index (χ1n) is 7.82. The summed E-state index contributed by atoms with van der Waals surface area (Å²) in [4.78, 5) is 0. The summed E-state index contributed by atoms with van der Waals surface area (Å²) in [6, 6.07) is 6.97. The molecule has 0 saturated heterocycles. The zero-order valence-corrected chi connectivity index (χ0v) is 14.0. The molecule has 0 aliphatic heterocycles. The van der Waals surface area contributed by atoms with Crippen LogP contribution in [0.5, 0.6) is 5.75 Å². The average Bonchev–Trinajstić information content (AvgIpc) is 2.94. The van der Waals surface area contributed by atoms with E-state index in [1.165, 1.54) is 31.2 Å². The minimum Gasteiger partial charge on any atom is -0.489 e. The first kappa shape index (κ1) is 14.4. The fraction of sp³-hybridized carbons (Fsp3) is 0.647. The van der Waals surface area contributed by atoms with E-state index in [0.717, 1.165) is 23.2 Å². The van der Waals surface area contributed by atoms with Crippen molar-refractivity contribution < 1.29 is 4.74 Å². The van der Waals surface area contributed by atoms with Gasteiger partial charge in [0.15, 0.2) is 0 Å². The molecule has 0 heterocycles. The summed E-state index contributed by atoms with van der Waals surface area (Å²) in [6.07, 6.45) is 6.91. The Morgan fingerprint density at radius 2 is 2.10 bits per heavy atom. The van der Waals surface area contributed by atoms with Gasteiger partial charge in [-0.3, -0.25) is 0 Å². The van der Waals surface area contributed by atoms with Crippen LogP contribution in [0.3, 0.4) is 0 Å². The van der Waals surface area contributed by atoms with E-state index in [-0.39, 0.29) is 0 Å². The highest BCUT2D eigenvalue weighted by atomic mass is 79.9. The van der Waals surface area contributed by atoms with E-state index < -0.39 is 0 Å². The van der Waals surface area contributed by atoms with Crippen molar-refractivity contribution >= 4 is 15.9 Å². The molecule has 1 aromatic carbocycles. The Labute approximate surface area is 130 Å². The van der Waals surface area contributed by atoms with Gasteiger partial charge < -0.3 is 10.1 Å². The Balaban J connectivity index is 1.76. The highest BCUT2D eigenvalue weighted by Crippen LogP contribution is 2.54. The summed E-state index contributed by atoms with van der Waals surface area (Å²) in [7, 11) is 0. The molecule has 2 atom stereocenters. The smallest absolute Gasteiger partial charge is 0.123 e. The van der Waals surface area contributed by atoms with E-state index >= 15 is 0 Å². The molecule has 2 nitrogen and oxygen atoms in total. The lowest BCUT2D eigenvalue weighted by Gasteiger charge is -2.54. The van der Waals surface area contributed by atoms with Crippen LogP contribution >= 0.6 is 15.9 Å². The maximum absolute atomic E-state index is 6.41. The molecule has 1 N–H and O–H groups in total. The van der Waals surface area contributed by atoms with Crippen molar-refractivity contribution in [2.45, 2.75) is 58.1 Å². The van der Waals surface area contributed by atoms with E-state index in [4.69, 9.17) is 4.74 Å². The summed E-state index contributed by atoms with van der Waals surface area (Å²) in [5.74, 6) is 1.05. The third kappa shape index (κ3) is 2.39. The van der Waals surface area contributed by atoms with Crippen LogP contribution in [-0.4, -0.2) is 18.7 Å². The number of rotatable bonds is 4. The molecule has 0 amide bonds. The second-order valence-corrected chi connectivity index (χ2v) is 7.22. The molecule has 3 rings (SSSR count). The molecule has 2 aliphatic rings. The Hall–Kier alpha value is -0.540. The summed E-state index contributed by atoms with van der Waals surface area (Å²) >= 11 is 3.55. The number of hydrogen-bond donors (Lipinski definition) is 1. The van der Waals surface area contributed by atoms with Gasteiger partial charge in [0.05, 0.1) is 0 Å². The number of benzene rings is 1. The van der Waals surface area contributed by atoms with Crippen LogP contribution in [0, 0.1) is 12.3 Å². The molecule has 110 valence electrons. The molecule has 0 aromatic heterocycles. The SMILES string of the molecule is CCNC1CC(Oc2cc(Br)ccc2C)C12CCCC2. The quantitative estimate of drug-likeness (QED) is 0.876. The number of aryl methyl sites for hydroxylation is 1. The minimum absolute atomic E-state index is 0.391. The van der Waals surface area contributed by atoms with E-state index in [2.05, 4.69) is 53.3 Å². The predicted octanol–water partition coefficient (Wildman–Crippen LogP) is 4.45. The van der Waals surface area contributed by atoms with Gasteiger partial charge in [-0.25, -0.2) is 0 Å². The van der Waals surface area contributed by atoms with Crippen molar-refractivity contribution in [2.75, 3.05) is 6.54 Å². The van der Waals surface area contributed by atoms with Crippen LogP contribution in [0.25, 0.3) is 0 Å². The fourth-order valence-electron chi connectivity index (χ4n) is 4.00. The van der Waals surface area contributed by atoms with Crippen molar-refractivity contribution in [3.63, 3.8) is 0 Å². The first-order valence-corrected chi connectivity index (χ1v) is 8.61. The van der Waals surface area contributed by atoms with Gasteiger partial charge in [-0.2, -0.15) is 0 Å². The molecule has 0 radical (unpaired) electrons. The van der Waals surface area contributed by atoms with Gasteiger partial charge in [0, 0.05) is 22.4 Å². The zero-order chi connectivity index (χ0) is 14.2. The maximum atomic E-state index is 6.41. The third-order valence-corrected chi connectivity index (χ3v) is 5.68. The van der Waals surface area contributed by atoms with Crippen molar-refractivity contribution in [1.82, 2.24) is 5.32 Å². The summed E-state index contributed by atoms with van der Waals surface area (Å²) in [5.41, 5.74) is 1.62. The largest absolute Gasteiger partial charge is 0.489 e. The Kier molecular flexibility index (Phi) is 4.09. The molecular formula is C17H24BrNO. The summed E-state index contributed by atoms with van der Waals surface area (Å²) in [6.45, 7) is 5.40. The lowest BCUT2D eigenvalue weighted by atomic mass is 9.60. The summed E-state index contributed by atoms with van der Waals surface area (Å²) < 4.78 is 7.50. The Morgan fingerprint density at radius 1 is 1.35 bits per heavy atom. The van der Waals surface area contributed by atoms with Gasteiger partial charge in [-0.05, 0) is 44.0 Å². The van der Waals surface area contributed by atoms with E-state index in [1.54, 1.807) is 0 Å². The molecule has 2 fully saturated rings. The molecule has 2 unspecified atom stereocenters. The lowest BCUT2D eigenvalue weighted by Crippen LogP contribution is -2.63. The molecule has 3 heteroatoms. The standard InChI is InChI=1S/C17H24BrNO/c1-3-19-15-11-16(17(15)8-4-5-9-17)20-14-10-13(18)7-6-12(14)2/h6-7,10,15-16,19H,3-5,8-9,11H2,1-2H3. The van der Waals surface area contributed by atoms with Gasteiger partial charge in [0.1, 0.15) is 11.9 Å². The summed E-state index contributed by atoms with van der Waals surface area (Å²) in [5, 5.41) is 3.67.